The molecule has 1 heterocycles. The lowest BCUT2D eigenvalue weighted by Crippen LogP contribution is -2.42. The van der Waals surface area contributed by atoms with E-state index >= 15 is 0 Å². The first-order chi connectivity index (χ1) is 6.33. The van der Waals surface area contributed by atoms with Gasteiger partial charge < -0.3 is 10.1 Å². The van der Waals surface area contributed by atoms with Crippen molar-refractivity contribution in [1.29, 1.82) is 0 Å². The number of ether oxygens (including phenoxy) is 1. The molecule has 13 heavy (non-hydrogen) atoms. The minimum absolute atomic E-state index is 0.602. The summed E-state index contributed by atoms with van der Waals surface area (Å²) in [7, 11) is 0. The Hall–Kier alpha value is 0.270. The van der Waals surface area contributed by atoms with Gasteiger partial charge >= 0.3 is 0 Å². The highest BCUT2D eigenvalue weighted by Crippen LogP contribution is 2.08. The van der Waals surface area contributed by atoms with E-state index in [4.69, 9.17) is 4.74 Å². The van der Waals surface area contributed by atoms with Crippen LogP contribution in [0.15, 0.2) is 0 Å². The molecular formula is C10H21NOS. The van der Waals surface area contributed by atoms with Crippen molar-refractivity contribution in [2.75, 3.05) is 25.2 Å². The maximum Gasteiger partial charge on any atom is 0.0619 e. The first-order valence-electron chi connectivity index (χ1n) is 5.15. The van der Waals surface area contributed by atoms with Crippen LogP contribution >= 0.6 is 11.8 Å². The fraction of sp³-hybridized carbons (Fsp3) is 1.00. The van der Waals surface area contributed by atoms with Crippen molar-refractivity contribution < 1.29 is 4.74 Å². The van der Waals surface area contributed by atoms with E-state index in [9.17, 15) is 0 Å². The van der Waals surface area contributed by atoms with E-state index < -0.39 is 0 Å². The zero-order valence-electron chi connectivity index (χ0n) is 8.71. The Morgan fingerprint density at radius 3 is 3.08 bits per heavy atom. The minimum Gasteiger partial charge on any atom is -0.380 e. The van der Waals surface area contributed by atoms with Gasteiger partial charge in [0, 0.05) is 18.7 Å². The van der Waals surface area contributed by atoms with E-state index in [-0.39, 0.29) is 0 Å². The highest BCUT2D eigenvalue weighted by Gasteiger charge is 2.15. The number of rotatable bonds is 5. The second-order valence-corrected chi connectivity index (χ2v) is 4.75. The predicted molar refractivity (Wildman–Crippen MR) is 59.4 cm³/mol. The molecule has 3 heteroatoms. The molecule has 0 aromatic carbocycles. The maximum absolute atomic E-state index is 5.42. The van der Waals surface area contributed by atoms with E-state index in [2.05, 4.69) is 18.5 Å². The summed E-state index contributed by atoms with van der Waals surface area (Å²) in [4.78, 5) is 0. The molecule has 0 aromatic heterocycles. The Morgan fingerprint density at radius 2 is 2.46 bits per heavy atom. The third kappa shape index (κ3) is 4.89. The van der Waals surface area contributed by atoms with Crippen molar-refractivity contribution in [2.45, 2.75) is 38.3 Å². The van der Waals surface area contributed by atoms with Gasteiger partial charge in [-0.15, -0.1) is 0 Å². The minimum atomic E-state index is 0.602. The fourth-order valence-electron chi connectivity index (χ4n) is 1.65. The van der Waals surface area contributed by atoms with Crippen LogP contribution in [0.4, 0.5) is 0 Å². The standard InChI is InChI=1S/C10H21NOS/c1-9(5-7-13-2)11-10-4-3-6-12-8-10/h9-11H,3-8H2,1-2H3. The van der Waals surface area contributed by atoms with Gasteiger partial charge in [0.2, 0.25) is 0 Å². The smallest absolute Gasteiger partial charge is 0.0619 e. The molecule has 0 radical (unpaired) electrons. The Morgan fingerprint density at radius 1 is 1.62 bits per heavy atom. The van der Waals surface area contributed by atoms with Gasteiger partial charge in [0.05, 0.1) is 6.61 Å². The quantitative estimate of drug-likeness (QED) is 0.737. The number of hydrogen-bond acceptors (Lipinski definition) is 3. The first-order valence-corrected chi connectivity index (χ1v) is 6.55. The molecule has 0 saturated carbocycles. The van der Waals surface area contributed by atoms with Crippen molar-refractivity contribution in [3.8, 4) is 0 Å². The van der Waals surface area contributed by atoms with E-state index in [1.165, 1.54) is 25.0 Å². The van der Waals surface area contributed by atoms with Crippen LogP contribution in [0, 0.1) is 0 Å². The second kappa shape index (κ2) is 6.68. The lowest BCUT2D eigenvalue weighted by Gasteiger charge is -2.26. The van der Waals surface area contributed by atoms with E-state index in [1.807, 2.05) is 11.8 Å². The van der Waals surface area contributed by atoms with Crippen LogP contribution < -0.4 is 5.32 Å². The second-order valence-electron chi connectivity index (χ2n) is 3.76. The molecule has 0 aromatic rings. The summed E-state index contributed by atoms with van der Waals surface area (Å²) in [5, 5.41) is 3.62. The van der Waals surface area contributed by atoms with Gasteiger partial charge in [-0.25, -0.2) is 0 Å². The summed E-state index contributed by atoms with van der Waals surface area (Å²) in [6, 6.07) is 1.24. The summed E-state index contributed by atoms with van der Waals surface area (Å²) >= 11 is 1.92. The molecule has 1 saturated heterocycles. The average Bonchev–Trinajstić information content (AvgIpc) is 2.16. The Balaban J connectivity index is 2.07. The van der Waals surface area contributed by atoms with Crippen LogP contribution in [0.3, 0.4) is 0 Å². The van der Waals surface area contributed by atoms with Crippen LogP contribution in [0.2, 0.25) is 0 Å². The summed E-state index contributed by atoms with van der Waals surface area (Å²) in [5.74, 6) is 1.25. The summed E-state index contributed by atoms with van der Waals surface area (Å²) in [6.07, 6.45) is 5.92. The molecule has 78 valence electrons. The van der Waals surface area contributed by atoms with E-state index in [0.29, 0.717) is 12.1 Å². The van der Waals surface area contributed by atoms with Crippen LogP contribution in [0.5, 0.6) is 0 Å². The van der Waals surface area contributed by atoms with Crippen molar-refractivity contribution in [3.63, 3.8) is 0 Å². The third-order valence-corrected chi connectivity index (χ3v) is 3.08. The molecule has 0 spiro atoms. The molecule has 0 amide bonds. The van der Waals surface area contributed by atoms with Gasteiger partial charge in [-0.1, -0.05) is 0 Å². The summed E-state index contributed by atoms with van der Waals surface area (Å²) < 4.78 is 5.42. The topological polar surface area (TPSA) is 21.3 Å². The molecule has 1 aliphatic rings. The van der Waals surface area contributed by atoms with Crippen LogP contribution in [0.1, 0.15) is 26.2 Å². The summed E-state index contributed by atoms with van der Waals surface area (Å²) in [6.45, 7) is 4.13. The largest absolute Gasteiger partial charge is 0.380 e. The normalized spacial score (nSPS) is 25.8. The van der Waals surface area contributed by atoms with Gasteiger partial charge in [0.15, 0.2) is 0 Å². The van der Waals surface area contributed by atoms with Gasteiger partial charge in [-0.05, 0) is 38.2 Å². The van der Waals surface area contributed by atoms with Crippen molar-refractivity contribution in [1.82, 2.24) is 5.32 Å². The van der Waals surface area contributed by atoms with Crippen LogP contribution in [-0.4, -0.2) is 37.3 Å². The van der Waals surface area contributed by atoms with Gasteiger partial charge in [-0.2, -0.15) is 11.8 Å². The number of hydrogen-bond donors (Lipinski definition) is 1. The van der Waals surface area contributed by atoms with E-state index in [1.54, 1.807) is 0 Å². The molecule has 1 aliphatic heterocycles. The van der Waals surface area contributed by atoms with Crippen molar-refractivity contribution in [2.24, 2.45) is 0 Å². The molecule has 2 nitrogen and oxygen atoms in total. The highest BCUT2D eigenvalue weighted by molar-refractivity contribution is 7.98. The van der Waals surface area contributed by atoms with Crippen LogP contribution in [-0.2, 0) is 4.74 Å². The molecule has 0 aliphatic carbocycles. The van der Waals surface area contributed by atoms with E-state index in [0.717, 1.165) is 13.2 Å². The SMILES string of the molecule is CSCCC(C)NC1CCCOC1. The number of nitrogens with one attached hydrogen (secondary N) is 1. The fourth-order valence-corrected chi connectivity index (χ4v) is 2.24. The Bertz CT molecular complexity index is 126. The lowest BCUT2D eigenvalue weighted by atomic mass is 10.1. The lowest BCUT2D eigenvalue weighted by molar-refractivity contribution is 0.0670. The maximum atomic E-state index is 5.42. The Labute approximate surface area is 85.8 Å². The molecule has 0 bridgehead atoms. The molecule has 2 atom stereocenters. The zero-order chi connectivity index (χ0) is 9.52. The molecular weight excluding hydrogens is 182 g/mol. The summed E-state index contributed by atoms with van der Waals surface area (Å²) in [5.41, 5.74) is 0. The van der Waals surface area contributed by atoms with Gasteiger partial charge in [0.25, 0.3) is 0 Å². The Kier molecular flexibility index (Phi) is 5.83. The molecule has 2 unspecified atom stereocenters. The first kappa shape index (κ1) is 11.3. The van der Waals surface area contributed by atoms with Crippen LogP contribution in [0.25, 0.3) is 0 Å². The van der Waals surface area contributed by atoms with Crippen molar-refractivity contribution >= 4 is 11.8 Å². The van der Waals surface area contributed by atoms with Gasteiger partial charge in [-0.3, -0.25) is 0 Å². The molecule has 1 rings (SSSR count). The monoisotopic (exact) mass is 203 g/mol. The third-order valence-electron chi connectivity index (χ3n) is 2.44. The highest BCUT2D eigenvalue weighted by atomic mass is 32.2. The average molecular weight is 203 g/mol. The number of thioether (sulfide) groups is 1. The molecule has 1 N–H and O–H groups in total. The van der Waals surface area contributed by atoms with Crippen molar-refractivity contribution in [3.05, 3.63) is 0 Å². The van der Waals surface area contributed by atoms with Gasteiger partial charge in [0.1, 0.15) is 0 Å². The zero-order valence-corrected chi connectivity index (χ0v) is 9.53. The molecule has 1 fully saturated rings. The predicted octanol–water partition coefficient (Wildman–Crippen LogP) is 1.90.